The molecule has 2 aliphatic heterocycles. The lowest BCUT2D eigenvalue weighted by Crippen LogP contribution is -2.74. The first-order valence-corrected chi connectivity index (χ1v) is 19.7. The van der Waals surface area contributed by atoms with E-state index in [-0.39, 0.29) is 23.7 Å². The van der Waals surface area contributed by atoms with Gasteiger partial charge in [-0.1, -0.05) is 108 Å². The molecule has 0 aliphatic carbocycles. The van der Waals surface area contributed by atoms with E-state index in [9.17, 15) is 28.3 Å². The Hall–Kier alpha value is -4.91. The minimum absolute atomic E-state index is 0.0581. The average molecular weight is 794 g/mol. The van der Waals surface area contributed by atoms with E-state index in [1.54, 1.807) is 0 Å². The van der Waals surface area contributed by atoms with Crippen LogP contribution in [-0.4, -0.2) is 83.9 Å². The van der Waals surface area contributed by atoms with Crippen molar-refractivity contribution in [3.8, 4) is 0 Å². The number of rotatable bonds is 14. The molecular formula is C35H29F2N7O5S4. The molecule has 3 aromatic carbocycles. The first kappa shape index (κ1) is 36.4. The number of oxime groups is 1. The maximum atomic E-state index is 13.7. The van der Waals surface area contributed by atoms with Gasteiger partial charge in [-0.05, 0) is 28.2 Å². The summed E-state index contributed by atoms with van der Waals surface area (Å²) < 4.78 is 31.1. The number of thiazole rings is 1. The summed E-state index contributed by atoms with van der Waals surface area (Å²) in [6, 6.07) is 28.2. The van der Waals surface area contributed by atoms with Crippen LogP contribution in [0.25, 0.3) is 0 Å². The number of carbonyl (C=O) groups is 3. The average Bonchev–Trinajstić information content (AvgIpc) is 3.89. The van der Waals surface area contributed by atoms with E-state index in [4.69, 9.17) is 0 Å². The van der Waals surface area contributed by atoms with Crippen LogP contribution < -0.4 is 10.6 Å². The molecule has 53 heavy (non-hydrogen) atoms. The van der Waals surface area contributed by atoms with Crippen LogP contribution >= 0.6 is 46.4 Å². The van der Waals surface area contributed by atoms with Gasteiger partial charge in [-0.3, -0.25) is 14.4 Å². The van der Waals surface area contributed by atoms with Crippen LogP contribution in [-0.2, 0) is 24.8 Å². The highest BCUT2D eigenvalue weighted by molar-refractivity contribution is 8.01. The van der Waals surface area contributed by atoms with Crippen molar-refractivity contribution in [3.05, 3.63) is 125 Å². The fraction of sp³-hybridized carbons (Fsp3) is 0.229. The van der Waals surface area contributed by atoms with Gasteiger partial charge in [0.1, 0.15) is 34.4 Å². The number of thioether (sulfide) groups is 2. The fourth-order valence-corrected chi connectivity index (χ4v) is 10.3. The van der Waals surface area contributed by atoms with E-state index >= 15 is 0 Å². The van der Waals surface area contributed by atoms with Crippen LogP contribution in [0.2, 0.25) is 0 Å². The number of β-lactam (4-membered cyclic amide) rings is 1. The highest BCUT2D eigenvalue weighted by atomic mass is 32.2. The lowest BCUT2D eigenvalue weighted by molar-refractivity contribution is -0.157. The second-order valence-corrected chi connectivity index (χ2v) is 16.0. The topological polar surface area (TPSA) is 159 Å². The van der Waals surface area contributed by atoms with Crippen molar-refractivity contribution in [2.75, 3.05) is 23.4 Å². The molecule has 0 bridgehead atoms. The first-order valence-electron chi connectivity index (χ1n) is 16.0. The molecule has 2 amide bonds. The minimum Gasteiger partial charge on any atom is -0.481 e. The molecule has 3 atom stereocenters. The van der Waals surface area contributed by atoms with Crippen molar-refractivity contribution in [1.29, 1.82) is 0 Å². The number of carboxylic acid groups (broad SMARTS) is 1. The number of anilines is 1. The minimum atomic E-state index is -3.33. The number of aromatic nitrogens is 3. The molecule has 2 aliphatic rings. The van der Waals surface area contributed by atoms with Gasteiger partial charge in [-0.15, -0.1) is 23.1 Å². The van der Waals surface area contributed by atoms with Crippen molar-refractivity contribution < 1.29 is 33.1 Å². The highest BCUT2D eigenvalue weighted by Crippen LogP contribution is 2.45. The number of benzene rings is 3. The molecule has 4 heterocycles. The zero-order chi connectivity index (χ0) is 37.0. The Kier molecular flexibility index (Phi) is 10.7. The Bertz CT molecular complexity index is 2000. The van der Waals surface area contributed by atoms with Gasteiger partial charge in [0, 0.05) is 23.4 Å². The molecule has 2 aromatic heterocycles. The van der Waals surface area contributed by atoms with Crippen molar-refractivity contribution in [2.45, 2.75) is 27.9 Å². The lowest BCUT2D eigenvalue weighted by Gasteiger charge is -2.53. The third-order valence-electron chi connectivity index (χ3n) is 8.80. The number of hydrogen-bond donors (Lipinski definition) is 3. The number of carboxylic acids is 1. The van der Waals surface area contributed by atoms with E-state index in [0.717, 1.165) is 39.6 Å². The van der Waals surface area contributed by atoms with Crippen molar-refractivity contribution in [2.24, 2.45) is 10.6 Å². The maximum Gasteiger partial charge on any atom is 0.407 e. The zero-order valence-electron chi connectivity index (χ0n) is 27.4. The molecule has 5 aromatic rings. The number of aliphatic carboxylic acids is 1. The van der Waals surface area contributed by atoms with E-state index in [1.165, 1.54) is 40.1 Å². The zero-order valence-corrected chi connectivity index (χ0v) is 30.6. The number of nitrogens with zero attached hydrogens (tertiary/aromatic N) is 5. The quantitative estimate of drug-likeness (QED) is 0.0422. The van der Waals surface area contributed by atoms with E-state index in [2.05, 4.69) is 35.0 Å². The predicted octanol–water partition coefficient (Wildman–Crippen LogP) is 5.61. The number of carbonyl (C=O) groups excluding carboxylic acids is 2. The first-order chi connectivity index (χ1) is 25.7. The molecule has 0 saturated carbocycles. The van der Waals surface area contributed by atoms with Crippen LogP contribution in [0.15, 0.2) is 112 Å². The Balaban J connectivity index is 1.13. The summed E-state index contributed by atoms with van der Waals surface area (Å²) in [5.74, 6) is -2.18. The van der Waals surface area contributed by atoms with Crippen LogP contribution in [0.4, 0.5) is 13.9 Å². The maximum absolute atomic E-state index is 13.7. The van der Waals surface area contributed by atoms with Gasteiger partial charge in [0.25, 0.3) is 5.91 Å². The van der Waals surface area contributed by atoms with Gasteiger partial charge in [0.05, 0.1) is 0 Å². The largest absolute Gasteiger partial charge is 0.481 e. The predicted molar refractivity (Wildman–Crippen MR) is 199 cm³/mol. The molecule has 7 rings (SSSR count). The smallest absolute Gasteiger partial charge is 0.407 e. The SMILES string of the molecule is O=C(NC1C(=O)N2CC(CSc3ncns3)(C(=O)O)CS[C@H]12)C(=NOC(F)F)c1csc(NC(c2ccccc2)(c2ccccc2)c2ccccc2)n1. The Morgan fingerprint density at radius 1 is 1.04 bits per heavy atom. The summed E-state index contributed by atoms with van der Waals surface area (Å²) in [7, 11) is 0. The van der Waals surface area contributed by atoms with Gasteiger partial charge in [0.15, 0.2) is 15.2 Å². The number of hydrogen-bond acceptors (Lipinski definition) is 13. The standard InChI is InChI=1S/C35H29F2N7O5S4/c36-31(37)49-43-25(27(45)41-26-28(46)44-17-34(30(47)48,18-51-29(26)44)19-52-33-38-20-39-53-33)24-16-50-32(40-24)42-35(21-10-4-1-5-11-21,22-12-6-2-7-13-22)23-14-8-3-9-15-23/h1-16,20,26,29,31H,17-19H2,(H,40,42)(H,41,45)(H,47,48)/t26?,29-,34?/m1/s1. The van der Waals surface area contributed by atoms with Gasteiger partial charge >= 0.3 is 12.6 Å². The third-order valence-corrected chi connectivity index (χ3v) is 13.2. The molecule has 18 heteroatoms. The molecule has 0 spiro atoms. The fourth-order valence-electron chi connectivity index (χ4n) is 6.22. The second-order valence-electron chi connectivity index (χ2n) is 12.0. The Morgan fingerprint density at radius 2 is 1.66 bits per heavy atom. The molecule has 272 valence electrons. The second kappa shape index (κ2) is 15.6. The number of halogens is 2. The number of amides is 2. The van der Waals surface area contributed by atoms with Crippen LogP contribution in [0.1, 0.15) is 22.4 Å². The van der Waals surface area contributed by atoms with Crippen LogP contribution in [0.5, 0.6) is 0 Å². The molecule has 0 radical (unpaired) electrons. The Morgan fingerprint density at radius 3 is 2.21 bits per heavy atom. The van der Waals surface area contributed by atoms with Crippen molar-refractivity contribution >= 4 is 75.0 Å². The van der Waals surface area contributed by atoms with Gasteiger partial charge in [0.2, 0.25) is 5.91 Å². The van der Waals surface area contributed by atoms with Gasteiger partial charge in [-0.25, -0.2) is 9.97 Å². The van der Waals surface area contributed by atoms with E-state index < -0.39 is 52.5 Å². The van der Waals surface area contributed by atoms with Crippen molar-refractivity contribution in [1.82, 2.24) is 24.6 Å². The third kappa shape index (κ3) is 7.36. The molecular weight excluding hydrogens is 765 g/mol. The van der Waals surface area contributed by atoms with Gasteiger partial charge in [-0.2, -0.15) is 13.2 Å². The summed E-state index contributed by atoms with van der Waals surface area (Å²) in [4.78, 5) is 53.8. The van der Waals surface area contributed by atoms with Crippen LogP contribution in [0.3, 0.4) is 0 Å². The van der Waals surface area contributed by atoms with Crippen molar-refractivity contribution in [3.63, 3.8) is 0 Å². The van der Waals surface area contributed by atoms with E-state index in [0.29, 0.717) is 9.47 Å². The summed E-state index contributed by atoms with van der Waals surface area (Å²) in [5, 5.41) is 21.0. The van der Waals surface area contributed by atoms with E-state index in [1.807, 2.05) is 91.0 Å². The molecule has 12 nitrogen and oxygen atoms in total. The summed E-state index contributed by atoms with van der Waals surface area (Å²) in [6.45, 7) is -3.40. The summed E-state index contributed by atoms with van der Waals surface area (Å²) in [6.07, 6.45) is 1.39. The molecule has 3 N–H and O–H groups in total. The lowest BCUT2D eigenvalue weighted by atomic mass is 9.77. The number of alkyl halides is 2. The number of fused-ring (bicyclic) bond motifs is 1. The normalized spacial score (nSPS) is 20.0. The molecule has 2 saturated heterocycles. The molecule has 2 fully saturated rings. The Labute approximate surface area is 318 Å². The molecule has 2 unspecified atom stereocenters. The van der Waals surface area contributed by atoms with Crippen LogP contribution in [0, 0.1) is 5.41 Å². The van der Waals surface area contributed by atoms with Gasteiger partial charge < -0.3 is 25.5 Å². The summed E-state index contributed by atoms with van der Waals surface area (Å²) >= 11 is 4.75. The highest BCUT2D eigenvalue weighted by Gasteiger charge is 2.57. The monoisotopic (exact) mass is 793 g/mol. The summed E-state index contributed by atoms with van der Waals surface area (Å²) in [5.41, 5.74) is -0.143. The number of nitrogens with one attached hydrogen (secondary N) is 2.